The van der Waals surface area contributed by atoms with Gasteiger partial charge in [0.15, 0.2) is 0 Å². The molecule has 0 N–H and O–H groups in total. The summed E-state index contributed by atoms with van der Waals surface area (Å²) in [6.07, 6.45) is 0. The summed E-state index contributed by atoms with van der Waals surface area (Å²) in [6.45, 7) is 9.72. The van der Waals surface area contributed by atoms with Gasteiger partial charge in [-0.3, -0.25) is 0 Å². The summed E-state index contributed by atoms with van der Waals surface area (Å²) in [5.41, 5.74) is 2.52. The van der Waals surface area contributed by atoms with E-state index < -0.39 is 0 Å². The van der Waals surface area contributed by atoms with Gasteiger partial charge in [-0.2, -0.15) is 29.8 Å². The molecule has 0 atom stereocenters. The Morgan fingerprint density at radius 3 is 2.27 bits per heavy atom. The van der Waals surface area contributed by atoms with Crippen molar-refractivity contribution in [1.29, 1.82) is 0 Å². The van der Waals surface area contributed by atoms with Gasteiger partial charge in [-0.15, -0.1) is 5.56 Å². The van der Waals surface area contributed by atoms with Crippen LogP contribution in [-0.4, -0.2) is 41.0 Å². The zero-order valence-corrected chi connectivity index (χ0v) is 12.9. The van der Waals surface area contributed by atoms with Crippen LogP contribution in [0.4, 0.5) is 0 Å². The third-order valence-corrected chi connectivity index (χ3v) is 2.29. The van der Waals surface area contributed by atoms with Crippen LogP contribution in [0.25, 0.3) is 0 Å². The summed E-state index contributed by atoms with van der Waals surface area (Å²) in [4.78, 5) is 2.39. The first-order valence-electron chi connectivity index (χ1n) is 4.96. The monoisotopic (exact) mass is 279 g/mol. The van der Waals surface area contributed by atoms with E-state index in [1.165, 1.54) is 11.1 Å². The maximum absolute atomic E-state index is 3.36. The van der Waals surface area contributed by atoms with Gasteiger partial charge in [0, 0.05) is 6.54 Å². The van der Waals surface area contributed by atoms with Gasteiger partial charge < -0.3 is 21.9 Å². The van der Waals surface area contributed by atoms with Crippen LogP contribution in [0.15, 0.2) is 18.2 Å². The van der Waals surface area contributed by atoms with Gasteiger partial charge >= 0.3 is 23.1 Å². The van der Waals surface area contributed by atoms with Gasteiger partial charge in [-0.1, -0.05) is 20.8 Å². The van der Waals surface area contributed by atoms with E-state index in [-0.39, 0.29) is 40.0 Å². The average molecular weight is 280 g/mol. The van der Waals surface area contributed by atoms with E-state index in [0.717, 1.165) is 19.6 Å². The number of halogens is 1. The second-order valence-corrected chi connectivity index (χ2v) is 3.32. The van der Waals surface area contributed by atoms with E-state index in [9.17, 15) is 0 Å². The Labute approximate surface area is 120 Å². The van der Waals surface area contributed by atoms with E-state index >= 15 is 0 Å². The van der Waals surface area contributed by atoms with Crippen LogP contribution < -0.4 is 17.0 Å². The van der Waals surface area contributed by atoms with Crippen LogP contribution in [0.3, 0.4) is 0 Å². The van der Waals surface area contributed by atoms with Crippen LogP contribution in [0.1, 0.15) is 25.0 Å². The molecule has 0 radical (unpaired) electrons. The molecule has 0 bridgehead atoms. The van der Waals surface area contributed by atoms with Gasteiger partial charge in [0.1, 0.15) is 0 Å². The van der Waals surface area contributed by atoms with Crippen LogP contribution in [0, 0.1) is 13.0 Å². The summed E-state index contributed by atoms with van der Waals surface area (Å²) >= 11 is 0. The Morgan fingerprint density at radius 2 is 1.80 bits per heavy atom. The van der Waals surface area contributed by atoms with Gasteiger partial charge in [-0.25, -0.2) is 0 Å². The normalized spacial score (nSPS) is 9.33. The first-order chi connectivity index (χ1) is 6.26. The zero-order valence-electron chi connectivity index (χ0n) is 9.89. The summed E-state index contributed by atoms with van der Waals surface area (Å²) in [6, 6.07) is 9.70. The van der Waals surface area contributed by atoms with Crippen molar-refractivity contribution in [1.82, 2.24) is 4.90 Å². The van der Waals surface area contributed by atoms with Crippen LogP contribution >= 0.6 is 0 Å². The van der Waals surface area contributed by atoms with E-state index in [1.54, 1.807) is 0 Å². The third kappa shape index (κ3) is 6.56. The minimum atomic E-state index is 0. The number of rotatable bonds is 4. The molecule has 0 saturated carbocycles. The number of benzene rings is 1. The Bertz CT molecular complexity index is 262. The molecule has 1 aromatic rings. The summed E-state index contributed by atoms with van der Waals surface area (Å²) in [7, 11) is 0. The maximum Gasteiger partial charge on any atom is 2.00 e. The molecule has 0 unspecified atom stereocenters. The predicted molar refractivity (Wildman–Crippen MR) is 62.4 cm³/mol. The molecule has 3 heteroatoms. The molecule has 1 aromatic carbocycles. The van der Waals surface area contributed by atoms with Crippen molar-refractivity contribution in [2.24, 2.45) is 0 Å². The molecule has 80 valence electrons. The minimum Gasteiger partial charge on any atom is -1.00 e. The molecule has 0 spiro atoms. The molecule has 1 nitrogen and oxygen atoms in total. The van der Waals surface area contributed by atoms with Gasteiger partial charge in [0.05, 0.1) is 0 Å². The van der Waals surface area contributed by atoms with Crippen molar-refractivity contribution in [2.75, 3.05) is 13.1 Å². The Hall–Kier alpha value is 0.426. The van der Waals surface area contributed by atoms with Crippen molar-refractivity contribution in [3.63, 3.8) is 0 Å². The molecule has 0 aliphatic heterocycles. The molecule has 0 aliphatic carbocycles. The second-order valence-electron chi connectivity index (χ2n) is 3.32. The number of aryl methyl sites for hydroxylation is 1. The largest absolute Gasteiger partial charge is 2.00 e. The molecular weight excluding hydrogens is 262 g/mol. The first-order valence-corrected chi connectivity index (χ1v) is 4.96. The molecule has 0 fully saturated rings. The van der Waals surface area contributed by atoms with Crippen LogP contribution in [0.5, 0.6) is 0 Å². The molecule has 0 saturated heterocycles. The standard InChI is InChI=1S/C12H18N.BrH.Mg/c1-4-13(5-2)10-12-8-6-7-11(3)9-12;;/h6-8H,4-5,10H2,1-3H3;1H;/q-1;;+2/p-1. The summed E-state index contributed by atoms with van der Waals surface area (Å²) in [5.74, 6) is 0. The topological polar surface area (TPSA) is 3.24 Å². The van der Waals surface area contributed by atoms with Crippen LogP contribution in [0.2, 0.25) is 0 Å². The number of hydrogen-bond acceptors (Lipinski definition) is 1. The SMILES string of the molecule is CCN(CC)Cc1[c-]c(C)ccc1.[Br-].[Mg+2]. The van der Waals surface area contributed by atoms with E-state index in [2.05, 4.69) is 49.9 Å². The molecule has 1 rings (SSSR count). The smallest absolute Gasteiger partial charge is 1.00 e. The fourth-order valence-corrected chi connectivity index (χ4v) is 1.43. The quantitative estimate of drug-likeness (QED) is 0.519. The van der Waals surface area contributed by atoms with Crippen molar-refractivity contribution < 1.29 is 17.0 Å². The zero-order chi connectivity index (χ0) is 9.68. The molecule has 0 aromatic heterocycles. The van der Waals surface area contributed by atoms with E-state index in [1.807, 2.05) is 0 Å². The molecule has 0 amide bonds. The van der Waals surface area contributed by atoms with E-state index in [4.69, 9.17) is 0 Å². The van der Waals surface area contributed by atoms with Crippen molar-refractivity contribution in [3.05, 3.63) is 35.4 Å². The van der Waals surface area contributed by atoms with Crippen molar-refractivity contribution in [2.45, 2.75) is 27.3 Å². The third-order valence-electron chi connectivity index (χ3n) is 2.29. The van der Waals surface area contributed by atoms with Gasteiger partial charge in [0.2, 0.25) is 0 Å². The van der Waals surface area contributed by atoms with Crippen molar-refractivity contribution in [3.8, 4) is 0 Å². The maximum atomic E-state index is 3.36. The van der Waals surface area contributed by atoms with Crippen LogP contribution in [-0.2, 0) is 6.54 Å². The fourth-order valence-electron chi connectivity index (χ4n) is 1.43. The minimum absolute atomic E-state index is 0. The Morgan fingerprint density at radius 1 is 1.20 bits per heavy atom. The van der Waals surface area contributed by atoms with Gasteiger partial charge in [-0.05, 0) is 13.1 Å². The molecular formula is C12H18BrMgN. The number of nitrogens with zero attached hydrogens (tertiary/aromatic N) is 1. The summed E-state index contributed by atoms with van der Waals surface area (Å²) in [5, 5.41) is 0. The first kappa shape index (κ1) is 17.8. The number of hydrogen-bond donors (Lipinski definition) is 0. The molecule has 0 aliphatic rings. The molecule has 0 heterocycles. The second kappa shape index (κ2) is 9.64. The Balaban J connectivity index is 0. The average Bonchev–Trinajstić information content (AvgIpc) is 2.14. The molecule has 15 heavy (non-hydrogen) atoms. The van der Waals surface area contributed by atoms with Gasteiger partial charge in [0.25, 0.3) is 0 Å². The predicted octanol–water partition coefficient (Wildman–Crippen LogP) is -0.740. The Kier molecular flexibility index (Phi) is 11.4. The fraction of sp³-hybridized carbons (Fsp3) is 0.500. The van der Waals surface area contributed by atoms with Crippen molar-refractivity contribution >= 4 is 23.1 Å². The van der Waals surface area contributed by atoms with E-state index in [0.29, 0.717) is 0 Å². The summed E-state index contributed by atoms with van der Waals surface area (Å²) < 4.78 is 0.